The summed E-state index contributed by atoms with van der Waals surface area (Å²) < 4.78 is 5.28. The summed E-state index contributed by atoms with van der Waals surface area (Å²) in [6, 6.07) is 1.95. The van der Waals surface area contributed by atoms with Crippen LogP contribution in [-0.2, 0) is 6.54 Å². The SMILES string of the molecule is COc1cc(C)c(CN(C)C(=O)O)c(C)c1C. The van der Waals surface area contributed by atoms with Gasteiger partial charge in [-0.2, -0.15) is 0 Å². The molecule has 0 aliphatic rings. The van der Waals surface area contributed by atoms with E-state index in [1.165, 1.54) is 4.90 Å². The summed E-state index contributed by atoms with van der Waals surface area (Å²) in [4.78, 5) is 12.1. The Hall–Kier alpha value is -1.71. The van der Waals surface area contributed by atoms with Crippen molar-refractivity contribution in [3.8, 4) is 5.75 Å². The highest BCUT2D eigenvalue weighted by Crippen LogP contribution is 2.28. The molecule has 0 aliphatic heterocycles. The molecule has 1 aromatic rings. The molecule has 94 valence electrons. The van der Waals surface area contributed by atoms with E-state index < -0.39 is 6.09 Å². The van der Waals surface area contributed by atoms with Crippen LogP contribution < -0.4 is 4.74 Å². The van der Waals surface area contributed by atoms with E-state index in [0.717, 1.165) is 28.0 Å². The Labute approximate surface area is 102 Å². The third-order valence-corrected chi connectivity index (χ3v) is 3.15. The molecule has 1 aromatic carbocycles. The fourth-order valence-electron chi connectivity index (χ4n) is 1.86. The largest absolute Gasteiger partial charge is 0.496 e. The van der Waals surface area contributed by atoms with Crippen LogP contribution in [0, 0.1) is 20.8 Å². The van der Waals surface area contributed by atoms with Crippen molar-refractivity contribution in [2.24, 2.45) is 0 Å². The van der Waals surface area contributed by atoms with Crippen LogP contribution >= 0.6 is 0 Å². The molecule has 0 saturated carbocycles. The van der Waals surface area contributed by atoms with Gasteiger partial charge in [0.1, 0.15) is 5.75 Å². The van der Waals surface area contributed by atoms with Gasteiger partial charge in [0.15, 0.2) is 0 Å². The van der Waals surface area contributed by atoms with E-state index in [4.69, 9.17) is 9.84 Å². The minimum absolute atomic E-state index is 0.401. The van der Waals surface area contributed by atoms with Crippen LogP contribution in [-0.4, -0.2) is 30.3 Å². The summed E-state index contributed by atoms with van der Waals surface area (Å²) >= 11 is 0. The first kappa shape index (κ1) is 13.4. The Morgan fingerprint density at radius 3 is 2.41 bits per heavy atom. The van der Waals surface area contributed by atoms with E-state index in [-0.39, 0.29) is 0 Å². The van der Waals surface area contributed by atoms with Gasteiger partial charge in [0.2, 0.25) is 0 Å². The summed E-state index contributed by atoms with van der Waals surface area (Å²) in [5.74, 6) is 0.849. The van der Waals surface area contributed by atoms with Crippen LogP contribution in [0.2, 0.25) is 0 Å². The number of carbonyl (C=O) groups is 1. The molecular weight excluding hydrogens is 218 g/mol. The van der Waals surface area contributed by atoms with Crippen LogP contribution in [0.5, 0.6) is 5.75 Å². The number of carboxylic acid groups (broad SMARTS) is 1. The van der Waals surface area contributed by atoms with Crippen LogP contribution in [0.3, 0.4) is 0 Å². The van der Waals surface area contributed by atoms with Gasteiger partial charge in [0.25, 0.3) is 0 Å². The highest BCUT2D eigenvalue weighted by Gasteiger charge is 2.14. The third kappa shape index (κ3) is 2.70. The maximum Gasteiger partial charge on any atom is 0.407 e. The molecule has 0 unspecified atom stereocenters. The Morgan fingerprint density at radius 2 is 1.94 bits per heavy atom. The number of rotatable bonds is 3. The molecule has 1 amide bonds. The summed E-state index contributed by atoms with van der Waals surface area (Å²) in [5, 5.41) is 8.90. The molecule has 1 rings (SSSR count). The van der Waals surface area contributed by atoms with Crippen molar-refractivity contribution in [3.63, 3.8) is 0 Å². The van der Waals surface area contributed by atoms with Crippen molar-refractivity contribution in [2.45, 2.75) is 27.3 Å². The molecule has 4 heteroatoms. The lowest BCUT2D eigenvalue weighted by Gasteiger charge is -2.19. The zero-order chi connectivity index (χ0) is 13.2. The van der Waals surface area contributed by atoms with Crippen molar-refractivity contribution in [2.75, 3.05) is 14.2 Å². The lowest BCUT2D eigenvalue weighted by atomic mass is 9.97. The van der Waals surface area contributed by atoms with Gasteiger partial charge in [-0.25, -0.2) is 4.79 Å². The Morgan fingerprint density at radius 1 is 1.35 bits per heavy atom. The molecule has 0 aliphatic carbocycles. The number of amides is 1. The van der Waals surface area contributed by atoms with Crippen LogP contribution in [0.4, 0.5) is 4.79 Å². The molecular formula is C13H19NO3. The summed E-state index contributed by atoms with van der Waals surface area (Å²) in [6.07, 6.45) is -0.919. The Balaban J connectivity index is 3.17. The van der Waals surface area contributed by atoms with Crippen molar-refractivity contribution in [1.29, 1.82) is 0 Å². The topological polar surface area (TPSA) is 49.8 Å². The first-order valence-corrected chi connectivity index (χ1v) is 5.46. The zero-order valence-corrected chi connectivity index (χ0v) is 11.0. The standard InChI is InChI=1S/C13H19NO3/c1-8-6-12(17-5)10(3)9(2)11(8)7-14(4)13(15)16/h6H,7H2,1-5H3,(H,15,16). The predicted molar refractivity (Wildman–Crippen MR) is 66.7 cm³/mol. The molecule has 0 fully saturated rings. The fraction of sp³-hybridized carbons (Fsp3) is 0.462. The van der Waals surface area contributed by atoms with E-state index in [1.54, 1.807) is 14.2 Å². The number of methoxy groups -OCH3 is 1. The molecule has 17 heavy (non-hydrogen) atoms. The van der Waals surface area contributed by atoms with E-state index in [0.29, 0.717) is 6.54 Å². The third-order valence-electron chi connectivity index (χ3n) is 3.15. The van der Waals surface area contributed by atoms with Crippen molar-refractivity contribution in [3.05, 3.63) is 28.3 Å². The van der Waals surface area contributed by atoms with Gasteiger partial charge in [0, 0.05) is 13.6 Å². The highest BCUT2D eigenvalue weighted by molar-refractivity contribution is 5.65. The first-order valence-electron chi connectivity index (χ1n) is 5.46. The molecule has 0 atom stereocenters. The van der Waals surface area contributed by atoms with Crippen molar-refractivity contribution < 1.29 is 14.6 Å². The predicted octanol–water partition coefficient (Wildman–Crippen LogP) is 2.73. The molecule has 0 heterocycles. The van der Waals surface area contributed by atoms with E-state index in [2.05, 4.69) is 0 Å². The molecule has 0 saturated heterocycles. The first-order chi connectivity index (χ1) is 7.88. The zero-order valence-electron chi connectivity index (χ0n) is 11.0. The van der Waals surface area contributed by atoms with Crippen molar-refractivity contribution >= 4 is 6.09 Å². The lowest BCUT2D eigenvalue weighted by molar-refractivity contribution is 0.153. The average Bonchev–Trinajstić information content (AvgIpc) is 2.28. The highest BCUT2D eigenvalue weighted by atomic mass is 16.5. The maximum atomic E-state index is 10.8. The minimum Gasteiger partial charge on any atom is -0.496 e. The number of hydrogen-bond donors (Lipinski definition) is 1. The normalized spacial score (nSPS) is 10.2. The van der Waals surface area contributed by atoms with Gasteiger partial charge in [-0.05, 0) is 49.1 Å². The van der Waals surface area contributed by atoms with Gasteiger partial charge < -0.3 is 14.7 Å². The van der Waals surface area contributed by atoms with E-state index in [9.17, 15) is 4.79 Å². The van der Waals surface area contributed by atoms with Crippen LogP contribution in [0.25, 0.3) is 0 Å². The second kappa shape index (κ2) is 5.08. The molecule has 4 nitrogen and oxygen atoms in total. The summed E-state index contributed by atoms with van der Waals surface area (Å²) in [6.45, 7) is 6.35. The fourth-order valence-corrected chi connectivity index (χ4v) is 1.86. The smallest absolute Gasteiger partial charge is 0.407 e. The van der Waals surface area contributed by atoms with Gasteiger partial charge >= 0.3 is 6.09 Å². The number of hydrogen-bond acceptors (Lipinski definition) is 2. The summed E-state index contributed by atoms with van der Waals surface area (Å²) in [7, 11) is 3.21. The monoisotopic (exact) mass is 237 g/mol. The number of nitrogens with zero attached hydrogens (tertiary/aromatic N) is 1. The Bertz CT molecular complexity index is 441. The quantitative estimate of drug-likeness (QED) is 0.879. The molecule has 0 spiro atoms. The second-order valence-corrected chi connectivity index (χ2v) is 4.26. The summed E-state index contributed by atoms with van der Waals surface area (Å²) in [5.41, 5.74) is 4.26. The van der Waals surface area contributed by atoms with Gasteiger partial charge in [-0.15, -0.1) is 0 Å². The average molecular weight is 237 g/mol. The Kier molecular flexibility index (Phi) is 3.99. The van der Waals surface area contributed by atoms with E-state index >= 15 is 0 Å². The molecule has 1 N–H and O–H groups in total. The molecule has 0 radical (unpaired) electrons. The number of ether oxygens (including phenoxy) is 1. The lowest BCUT2D eigenvalue weighted by Crippen LogP contribution is -2.25. The minimum atomic E-state index is -0.919. The second-order valence-electron chi connectivity index (χ2n) is 4.26. The maximum absolute atomic E-state index is 10.8. The van der Waals surface area contributed by atoms with Gasteiger partial charge in [-0.1, -0.05) is 0 Å². The molecule has 0 bridgehead atoms. The van der Waals surface area contributed by atoms with Crippen LogP contribution in [0.1, 0.15) is 22.3 Å². The van der Waals surface area contributed by atoms with Gasteiger partial charge in [-0.3, -0.25) is 0 Å². The van der Waals surface area contributed by atoms with Gasteiger partial charge in [0.05, 0.1) is 7.11 Å². The van der Waals surface area contributed by atoms with E-state index in [1.807, 2.05) is 26.8 Å². The van der Waals surface area contributed by atoms with Crippen molar-refractivity contribution in [1.82, 2.24) is 4.90 Å². The number of benzene rings is 1. The molecule has 0 aromatic heterocycles. The van der Waals surface area contributed by atoms with Crippen LogP contribution in [0.15, 0.2) is 6.07 Å². The number of aryl methyl sites for hydroxylation is 1.